The van der Waals surface area contributed by atoms with E-state index in [1.54, 1.807) is 0 Å². The van der Waals surface area contributed by atoms with Gasteiger partial charge in [0, 0.05) is 19.3 Å². The number of esters is 3. The summed E-state index contributed by atoms with van der Waals surface area (Å²) < 4.78 is 39.6. The maximum Gasteiger partial charge on any atom is 0.472 e. The molecule has 0 aliphatic heterocycles. The van der Waals surface area contributed by atoms with Crippen molar-refractivity contribution in [3.63, 3.8) is 0 Å². The van der Waals surface area contributed by atoms with E-state index in [2.05, 4.69) is 130 Å². The SMILES string of the molecule is CC/C=C\C/C=C\C/C=C\C/C=C\C/C=C\CCCC(=O)OC(COC(=O)CCCCCCCCCCC/C=C\CCCCCCCC)COP(=O)(O)OCC(CO)OC(=O)CCCCCC/C=C\C/C=C\C/C=C\C/C=C\CC. The van der Waals surface area contributed by atoms with Crippen LogP contribution in [0.1, 0.15) is 252 Å². The Morgan fingerprint density at radius 1 is 0.362 bits per heavy atom. The first-order valence-corrected chi connectivity index (χ1v) is 32.9. The van der Waals surface area contributed by atoms with Crippen LogP contribution in [0.25, 0.3) is 0 Å². The summed E-state index contributed by atoms with van der Waals surface area (Å²) in [4.78, 5) is 48.7. The number of phosphoric ester groups is 1. The van der Waals surface area contributed by atoms with Gasteiger partial charge in [-0.2, -0.15) is 0 Å². The number of hydrogen-bond acceptors (Lipinski definition) is 10. The lowest BCUT2D eigenvalue weighted by atomic mass is 10.1. The second-order valence-electron chi connectivity index (χ2n) is 20.5. The van der Waals surface area contributed by atoms with Crippen LogP contribution in [0.5, 0.6) is 0 Å². The number of carbonyl (C=O) groups is 3. The molecule has 0 amide bonds. The molecule has 0 heterocycles. The summed E-state index contributed by atoms with van der Waals surface area (Å²) in [6.07, 6.45) is 75.9. The molecule has 0 saturated heterocycles. The van der Waals surface area contributed by atoms with Gasteiger partial charge >= 0.3 is 25.7 Å². The lowest BCUT2D eigenvalue weighted by Gasteiger charge is -2.21. The van der Waals surface area contributed by atoms with Crippen molar-refractivity contribution >= 4 is 25.7 Å². The molecule has 0 spiro atoms. The second-order valence-corrected chi connectivity index (χ2v) is 21.9. The minimum absolute atomic E-state index is 0.0817. The molecule has 0 aliphatic rings. The van der Waals surface area contributed by atoms with Crippen molar-refractivity contribution in [3.05, 3.63) is 122 Å². The van der Waals surface area contributed by atoms with E-state index < -0.39 is 57.8 Å². The normalized spacial score (nSPS) is 14.1. The highest BCUT2D eigenvalue weighted by Gasteiger charge is 2.28. The third kappa shape index (κ3) is 58.5. The van der Waals surface area contributed by atoms with Crippen LogP contribution in [0.2, 0.25) is 0 Å². The highest BCUT2D eigenvalue weighted by molar-refractivity contribution is 7.47. The van der Waals surface area contributed by atoms with Crippen LogP contribution in [0.15, 0.2) is 122 Å². The predicted octanol–water partition coefficient (Wildman–Crippen LogP) is 19.1. The number of hydrogen-bond donors (Lipinski definition) is 2. The van der Waals surface area contributed by atoms with E-state index in [0.717, 1.165) is 103 Å². The van der Waals surface area contributed by atoms with Gasteiger partial charge in [0.2, 0.25) is 0 Å². The summed E-state index contributed by atoms with van der Waals surface area (Å²) in [6, 6.07) is 0. The Bertz CT molecular complexity index is 1800. The van der Waals surface area contributed by atoms with Crippen LogP contribution in [-0.4, -0.2) is 66.5 Å². The van der Waals surface area contributed by atoms with Crippen molar-refractivity contribution in [2.75, 3.05) is 26.4 Å². The molecule has 0 aromatic rings. The van der Waals surface area contributed by atoms with Crippen LogP contribution in [-0.2, 0) is 42.2 Å². The van der Waals surface area contributed by atoms with Crippen molar-refractivity contribution in [1.29, 1.82) is 0 Å². The standard InChI is InChI=1S/C68H113O11P/c1-4-7-10-13-16-19-22-25-28-31-32-35-36-39-42-45-48-51-54-57-66(70)75-61-65(79-68(72)59-56-53-50-47-44-41-38-34-30-27-24-21-18-15-12-9-6-3)63-77-80(73,74)76-62-64(60-69)78-67(71)58-55-52-49-46-43-40-37-33-29-26-23-20-17-14-11-8-5-2/h8-9,11-12,17-18,20-21,25-30,37-38,40-41,47,50,64-65,69H,4-7,10,13-16,19,22-24,31-36,39,42-46,48-49,51-63H2,1-3H3,(H,73,74)/b11-8-,12-9-,20-17-,21-18-,28-25-,29-26-,30-27-,40-37-,41-38-,50-47-. The van der Waals surface area contributed by atoms with Crippen molar-refractivity contribution in [2.45, 2.75) is 264 Å². The average Bonchev–Trinajstić information content (AvgIpc) is 3.45. The number of unbranched alkanes of at least 4 members (excludes halogenated alkanes) is 20. The number of ether oxygens (including phenoxy) is 3. The van der Waals surface area contributed by atoms with E-state index in [9.17, 15) is 28.9 Å². The molecule has 80 heavy (non-hydrogen) atoms. The molecule has 0 aromatic carbocycles. The quantitative estimate of drug-likeness (QED) is 0.0197. The van der Waals surface area contributed by atoms with Gasteiger partial charge in [0.1, 0.15) is 12.7 Å². The Morgan fingerprint density at radius 2 is 0.662 bits per heavy atom. The summed E-state index contributed by atoms with van der Waals surface area (Å²) in [7, 11) is -4.78. The summed E-state index contributed by atoms with van der Waals surface area (Å²) in [5.74, 6) is -1.57. The summed E-state index contributed by atoms with van der Waals surface area (Å²) in [6.45, 7) is 4.33. The Labute approximate surface area is 487 Å². The molecule has 2 N–H and O–H groups in total. The van der Waals surface area contributed by atoms with Crippen LogP contribution >= 0.6 is 7.82 Å². The topological polar surface area (TPSA) is 155 Å². The molecule has 0 aliphatic carbocycles. The lowest BCUT2D eigenvalue weighted by molar-refractivity contribution is -0.161. The van der Waals surface area contributed by atoms with Crippen molar-refractivity contribution in [3.8, 4) is 0 Å². The largest absolute Gasteiger partial charge is 0.472 e. The molecule has 0 radical (unpaired) electrons. The average molecular weight is 1140 g/mol. The van der Waals surface area contributed by atoms with E-state index in [1.807, 2.05) is 12.2 Å². The molecule has 0 fully saturated rings. The Kier molecular flexibility index (Phi) is 57.8. The van der Waals surface area contributed by atoms with Gasteiger partial charge in [0.05, 0.1) is 19.8 Å². The van der Waals surface area contributed by atoms with E-state index in [1.165, 1.54) is 83.5 Å². The molecule has 456 valence electrons. The van der Waals surface area contributed by atoms with E-state index >= 15 is 0 Å². The molecule has 0 saturated carbocycles. The summed E-state index contributed by atoms with van der Waals surface area (Å²) in [5, 5.41) is 9.84. The highest BCUT2D eigenvalue weighted by atomic mass is 31.2. The number of carbonyl (C=O) groups excluding carboxylic acids is 3. The second kappa shape index (κ2) is 61.0. The summed E-state index contributed by atoms with van der Waals surface area (Å²) >= 11 is 0. The van der Waals surface area contributed by atoms with Crippen LogP contribution in [0, 0.1) is 0 Å². The van der Waals surface area contributed by atoms with E-state index in [4.69, 9.17) is 23.3 Å². The molecule has 0 bridgehead atoms. The predicted molar refractivity (Wildman–Crippen MR) is 334 cm³/mol. The maximum absolute atomic E-state index is 12.9. The van der Waals surface area contributed by atoms with Crippen LogP contribution in [0.4, 0.5) is 0 Å². The van der Waals surface area contributed by atoms with Crippen LogP contribution in [0.3, 0.4) is 0 Å². The molecule has 0 rings (SSSR count). The minimum Gasteiger partial charge on any atom is -0.462 e. The monoisotopic (exact) mass is 1140 g/mol. The number of aliphatic hydroxyl groups excluding tert-OH is 1. The zero-order valence-corrected chi connectivity index (χ0v) is 51.4. The number of allylic oxidation sites excluding steroid dienone is 20. The van der Waals surface area contributed by atoms with Crippen molar-refractivity contribution in [1.82, 2.24) is 0 Å². The van der Waals surface area contributed by atoms with Crippen LogP contribution < -0.4 is 0 Å². The smallest absolute Gasteiger partial charge is 0.462 e. The minimum atomic E-state index is -4.78. The molecular weight excluding hydrogens is 1020 g/mol. The Morgan fingerprint density at radius 3 is 1.06 bits per heavy atom. The molecule has 3 atom stereocenters. The van der Waals surface area contributed by atoms with Gasteiger partial charge < -0.3 is 24.2 Å². The third-order valence-electron chi connectivity index (χ3n) is 12.8. The zero-order chi connectivity index (χ0) is 58.3. The van der Waals surface area contributed by atoms with Gasteiger partial charge in [-0.3, -0.25) is 23.4 Å². The van der Waals surface area contributed by atoms with Gasteiger partial charge in [0.25, 0.3) is 0 Å². The van der Waals surface area contributed by atoms with E-state index in [0.29, 0.717) is 25.7 Å². The third-order valence-corrected chi connectivity index (χ3v) is 13.8. The summed E-state index contributed by atoms with van der Waals surface area (Å²) in [5.41, 5.74) is 0. The number of rotatable bonds is 57. The molecular formula is C68H113O11P. The lowest BCUT2D eigenvalue weighted by Crippen LogP contribution is -2.30. The van der Waals surface area contributed by atoms with E-state index in [-0.39, 0.29) is 25.9 Å². The van der Waals surface area contributed by atoms with Gasteiger partial charge in [-0.1, -0.05) is 232 Å². The van der Waals surface area contributed by atoms with Crippen molar-refractivity contribution in [2.24, 2.45) is 0 Å². The van der Waals surface area contributed by atoms with Gasteiger partial charge in [0.15, 0.2) is 6.10 Å². The number of phosphoric acid groups is 1. The first kappa shape index (κ1) is 75.9. The fourth-order valence-corrected chi connectivity index (χ4v) is 8.93. The van der Waals surface area contributed by atoms with Gasteiger partial charge in [-0.05, 0) is 122 Å². The fraction of sp³-hybridized carbons (Fsp3) is 0.662. The molecule has 0 aromatic heterocycles. The van der Waals surface area contributed by atoms with Gasteiger partial charge in [-0.15, -0.1) is 0 Å². The Balaban J connectivity index is 4.81. The zero-order valence-electron chi connectivity index (χ0n) is 50.5. The highest BCUT2D eigenvalue weighted by Crippen LogP contribution is 2.43. The van der Waals surface area contributed by atoms with Crippen molar-refractivity contribution < 1.29 is 52.2 Å². The van der Waals surface area contributed by atoms with Gasteiger partial charge in [-0.25, -0.2) is 4.57 Å². The first-order valence-electron chi connectivity index (χ1n) is 31.4. The molecule has 3 unspecified atom stereocenters. The maximum atomic E-state index is 12.9. The molecule has 12 heteroatoms. The fourth-order valence-electron chi connectivity index (χ4n) is 8.14. The first-order chi connectivity index (χ1) is 39.2. The molecule has 11 nitrogen and oxygen atoms in total. The Hall–Kier alpha value is -4.12. The number of aliphatic hydroxyl groups is 1.